The van der Waals surface area contributed by atoms with Crippen molar-refractivity contribution in [1.29, 1.82) is 0 Å². The number of nitrogens with one attached hydrogen (secondary N) is 2. The number of aliphatic imine (C=N–C) groups is 1. The number of methoxy groups -OCH3 is 2. The van der Waals surface area contributed by atoms with Crippen LogP contribution < -0.4 is 20.1 Å². The molecule has 0 saturated carbocycles. The van der Waals surface area contributed by atoms with Gasteiger partial charge in [0.2, 0.25) is 0 Å². The fourth-order valence-corrected chi connectivity index (χ4v) is 2.90. The van der Waals surface area contributed by atoms with Crippen LogP contribution in [-0.4, -0.2) is 42.0 Å². The monoisotopic (exact) mass is 344 g/mol. The minimum absolute atomic E-state index is 0.588. The first-order valence-electron chi connectivity index (χ1n) is 8.31. The second kappa shape index (κ2) is 7.87. The molecule has 8 heteroatoms. The molecular weight excluding hydrogens is 320 g/mol. The summed E-state index contributed by atoms with van der Waals surface area (Å²) in [5.74, 6) is 4.26. The molecule has 134 valence electrons. The van der Waals surface area contributed by atoms with Crippen LogP contribution in [-0.2, 0) is 26.1 Å². The zero-order valence-electron chi connectivity index (χ0n) is 14.9. The van der Waals surface area contributed by atoms with Crippen molar-refractivity contribution in [1.82, 2.24) is 25.4 Å². The van der Waals surface area contributed by atoms with Gasteiger partial charge >= 0.3 is 0 Å². The molecule has 3 rings (SSSR count). The van der Waals surface area contributed by atoms with E-state index in [1.54, 1.807) is 21.3 Å². The summed E-state index contributed by atoms with van der Waals surface area (Å²) < 4.78 is 12.8. The molecule has 0 aliphatic carbocycles. The summed E-state index contributed by atoms with van der Waals surface area (Å²) in [5, 5.41) is 15.0. The number of hydrogen-bond acceptors (Lipinski definition) is 5. The molecule has 25 heavy (non-hydrogen) atoms. The van der Waals surface area contributed by atoms with Gasteiger partial charge in [0.15, 0.2) is 11.8 Å². The van der Waals surface area contributed by atoms with Crippen molar-refractivity contribution in [3.63, 3.8) is 0 Å². The average Bonchev–Trinajstić information content (AvgIpc) is 3.26. The highest BCUT2D eigenvalue weighted by molar-refractivity contribution is 5.79. The van der Waals surface area contributed by atoms with Crippen molar-refractivity contribution < 1.29 is 9.47 Å². The van der Waals surface area contributed by atoms with Gasteiger partial charge in [-0.2, -0.15) is 0 Å². The number of nitrogens with zero attached hydrogens (tertiary/aromatic N) is 4. The molecule has 0 atom stereocenters. The lowest BCUT2D eigenvalue weighted by molar-refractivity contribution is 0.390. The van der Waals surface area contributed by atoms with Crippen LogP contribution in [0, 0.1) is 0 Å². The van der Waals surface area contributed by atoms with E-state index in [0.717, 1.165) is 48.1 Å². The Labute approximate surface area is 147 Å². The van der Waals surface area contributed by atoms with Gasteiger partial charge in [-0.1, -0.05) is 0 Å². The van der Waals surface area contributed by atoms with E-state index in [9.17, 15) is 0 Å². The minimum Gasteiger partial charge on any atom is -0.497 e. The summed E-state index contributed by atoms with van der Waals surface area (Å²) in [6, 6.07) is 5.76. The fraction of sp³-hybridized carbons (Fsp3) is 0.471. The van der Waals surface area contributed by atoms with Crippen LogP contribution >= 0.6 is 0 Å². The van der Waals surface area contributed by atoms with Crippen molar-refractivity contribution in [2.45, 2.75) is 32.5 Å². The standard InChI is InChI=1S/C17H24N6O2/c1-18-17(20-11-16-22-21-15-5-4-8-23(15)16)19-10-12-6-7-13(24-2)9-14(12)25-3/h6-7,9H,4-5,8,10-11H2,1-3H3,(H2,18,19,20). The van der Waals surface area contributed by atoms with E-state index < -0.39 is 0 Å². The molecule has 0 fully saturated rings. The summed E-state index contributed by atoms with van der Waals surface area (Å²) in [5.41, 5.74) is 1.02. The number of ether oxygens (including phenoxy) is 2. The second-order valence-corrected chi connectivity index (χ2v) is 5.74. The molecular formula is C17H24N6O2. The first-order chi connectivity index (χ1) is 12.2. The molecule has 1 aliphatic heterocycles. The van der Waals surface area contributed by atoms with Crippen LogP contribution in [0.4, 0.5) is 0 Å². The highest BCUT2D eigenvalue weighted by Gasteiger charge is 2.17. The second-order valence-electron chi connectivity index (χ2n) is 5.74. The van der Waals surface area contributed by atoms with Crippen LogP contribution in [0.25, 0.3) is 0 Å². The predicted molar refractivity (Wildman–Crippen MR) is 94.9 cm³/mol. The Morgan fingerprint density at radius 2 is 2.04 bits per heavy atom. The highest BCUT2D eigenvalue weighted by Crippen LogP contribution is 2.24. The number of benzene rings is 1. The highest BCUT2D eigenvalue weighted by atomic mass is 16.5. The molecule has 2 aromatic rings. The molecule has 1 aromatic carbocycles. The first kappa shape index (κ1) is 17.1. The Hall–Kier alpha value is -2.77. The average molecular weight is 344 g/mol. The number of rotatable bonds is 6. The summed E-state index contributed by atoms with van der Waals surface area (Å²) >= 11 is 0. The van der Waals surface area contributed by atoms with Crippen molar-refractivity contribution in [2.24, 2.45) is 4.99 Å². The maximum absolute atomic E-state index is 5.42. The zero-order valence-corrected chi connectivity index (χ0v) is 14.9. The summed E-state index contributed by atoms with van der Waals surface area (Å²) in [6.45, 7) is 2.17. The summed E-state index contributed by atoms with van der Waals surface area (Å²) in [6.07, 6.45) is 2.15. The third-order valence-corrected chi connectivity index (χ3v) is 4.26. The summed E-state index contributed by atoms with van der Waals surface area (Å²) in [4.78, 5) is 4.26. The Morgan fingerprint density at radius 1 is 1.20 bits per heavy atom. The van der Waals surface area contributed by atoms with E-state index >= 15 is 0 Å². The SMILES string of the molecule is CN=C(NCc1ccc(OC)cc1OC)NCc1nnc2n1CCC2. The molecule has 0 amide bonds. The van der Waals surface area contributed by atoms with Gasteiger partial charge in [0.1, 0.15) is 17.3 Å². The van der Waals surface area contributed by atoms with E-state index in [1.807, 2.05) is 18.2 Å². The Bertz CT molecular complexity index is 756. The molecule has 0 radical (unpaired) electrons. The van der Waals surface area contributed by atoms with Crippen molar-refractivity contribution in [3.05, 3.63) is 35.4 Å². The molecule has 1 aromatic heterocycles. The van der Waals surface area contributed by atoms with E-state index in [4.69, 9.17) is 9.47 Å². The van der Waals surface area contributed by atoms with Crippen LogP contribution in [0.1, 0.15) is 23.6 Å². The van der Waals surface area contributed by atoms with Gasteiger partial charge in [-0.15, -0.1) is 10.2 Å². The first-order valence-corrected chi connectivity index (χ1v) is 8.31. The minimum atomic E-state index is 0.588. The van der Waals surface area contributed by atoms with Crippen molar-refractivity contribution >= 4 is 5.96 Å². The third-order valence-electron chi connectivity index (χ3n) is 4.26. The third kappa shape index (κ3) is 3.84. The molecule has 8 nitrogen and oxygen atoms in total. The molecule has 1 aliphatic rings. The molecule has 2 heterocycles. The van der Waals surface area contributed by atoms with Gasteiger partial charge in [-0.25, -0.2) is 0 Å². The van der Waals surface area contributed by atoms with Crippen LogP contribution in [0.3, 0.4) is 0 Å². The normalized spacial score (nSPS) is 13.5. The topological polar surface area (TPSA) is 85.6 Å². The molecule has 0 spiro atoms. The quantitative estimate of drug-likeness (QED) is 0.603. The van der Waals surface area contributed by atoms with Crippen molar-refractivity contribution in [3.8, 4) is 11.5 Å². The smallest absolute Gasteiger partial charge is 0.191 e. The maximum atomic E-state index is 5.42. The molecule has 2 N–H and O–H groups in total. The van der Waals surface area contributed by atoms with Gasteiger partial charge in [-0.3, -0.25) is 4.99 Å². The lowest BCUT2D eigenvalue weighted by Crippen LogP contribution is -2.37. The van der Waals surface area contributed by atoms with E-state index in [2.05, 4.69) is 30.4 Å². The lowest BCUT2D eigenvalue weighted by Gasteiger charge is -2.14. The van der Waals surface area contributed by atoms with E-state index in [0.29, 0.717) is 19.0 Å². The molecule has 0 bridgehead atoms. The largest absolute Gasteiger partial charge is 0.497 e. The summed E-state index contributed by atoms with van der Waals surface area (Å²) in [7, 11) is 5.03. The number of fused-ring (bicyclic) bond motifs is 1. The van der Waals surface area contributed by atoms with Gasteiger partial charge in [-0.05, 0) is 18.6 Å². The fourth-order valence-electron chi connectivity index (χ4n) is 2.90. The van der Waals surface area contributed by atoms with Gasteiger partial charge in [0.25, 0.3) is 0 Å². The van der Waals surface area contributed by atoms with Gasteiger partial charge in [0, 0.05) is 38.2 Å². The number of aryl methyl sites for hydroxylation is 1. The van der Waals surface area contributed by atoms with E-state index in [1.165, 1.54) is 0 Å². The predicted octanol–water partition coefficient (Wildman–Crippen LogP) is 1.11. The van der Waals surface area contributed by atoms with Gasteiger partial charge in [0.05, 0.1) is 20.8 Å². The number of aromatic nitrogens is 3. The van der Waals surface area contributed by atoms with Crippen molar-refractivity contribution in [2.75, 3.05) is 21.3 Å². The zero-order chi connectivity index (χ0) is 17.6. The number of hydrogen-bond donors (Lipinski definition) is 2. The van der Waals surface area contributed by atoms with Crippen LogP contribution in [0.5, 0.6) is 11.5 Å². The van der Waals surface area contributed by atoms with E-state index in [-0.39, 0.29) is 0 Å². The van der Waals surface area contributed by atoms with Crippen LogP contribution in [0.15, 0.2) is 23.2 Å². The lowest BCUT2D eigenvalue weighted by atomic mass is 10.2. The Balaban J connectivity index is 1.58. The molecule has 0 saturated heterocycles. The number of guanidine groups is 1. The van der Waals surface area contributed by atoms with Gasteiger partial charge < -0.3 is 24.7 Å². The Morgan fingerprint density at radius 3 is 2.80 bits per heavy atom. The Kier molecular flexibility index (Phi) is 5.37. The maximum Gasteiger partial charge on any atom is 0.191 e. The van der Waals surface area contributed by atoms with Crippen LogP contribution in [0.2, 0.25) is 0 Å². The molecule has 0 unspecified atom stereocenters.